The molecular weight excluding hydrogens is 144 g/mol. The maximum Gasteiger partial charge on any atom is 0.180 e. The summed E-state index contributed by atoms with van der Waals surface area (Å²) >= 11 is 0. The predicted octanol–water partition coefficient (Wildman–Crippen LogP) is 1.11. The zero-order chi connectivity index (χ0) is 7.94. The maximum atomic E-state index is 4.90. The second kappa shape index (κ2) is 4.49. The van der Waals surface area contributed by atoms with E-state index in [1.54, 1.807) is 6.20 Å². The molecule has 2 rings (SSSR count). The van der Waals surface area contributed by atoms with E-state index in [0.29, 0.717) is 0 Å². The number of nitrogens with zero attached hydrogens (tertiary/aromatic N) is 2. The first-order valence-corrected chi connectivity index (χ1v) is 3.35. The van der Waals surface area contributed by atoms with Crippen LogP contribution in [0.3, 0.4) is 0 Å². The van der Waals surface area contributed by atoms with Gasteiger partial charge in [-0.25, -0.2) is 4.98 Å². The Bertz CT molecular complexity index is 189. The van der Waals surface area contributed by atoms with E-state index in [1.165, 1.54) is 12.7 Å². The third-order valence-electron chi connectivity index (χ3n) is 1.08. The molecule has 0 bridgehead atoms. The van der Waals surface area contributed by atoms with Crippen LogP contribution in [-0.4, -0.2) is 24.0 Å². The Morgan fingerprint density at radius 2 is 2.45 bits per heavy atom. The van der Waals surface area contributed by atoms with Crippen LogP contribution in [0.1, 0.15) is 6.92 Å². The molecule has 0 unspecified atom stereocenters. The van der Waals surface area contributed by atoms with Gasteiger partial charge in [0.1, 0.15) is 12.9 Å². The molecule has 0 aromatic carbocycles. The number of rotatable bonds is 0. The van der Waals surface area contributed by atoms with E-state index < -0.39 is 0 Å². The summed E-state index contributed by atoms with van der Waals surface area (Å²) in [5.74, 6) is 0.829. The molecule has 0 atom stereocenters. The van der Waals surface area contributed by atoms with Gasteiger partial charge in [-0.05, 0) is 0 Å². The third kappa shape index (κ3) is 3.40. The molecule has 1 aromatic rings. The number of aliphatic imine (C=N–C) groups is 1. The van der Waals surface area contributed by atoms with Gasteiger partial charge < -0.3 is 9.15 Å². The highest BCUT2D eigenvalue weighted by molar-refractivity contribution is 5.74. The fourth-order valence-corrected chi connectivity index (χ4v) is 0.618. The van der Waals surface area contributed by atoms with E-state index in [2.05, 4.69) is 14.4 Å². The van der Waals surface area contributed by atoms with Crippen molar-refractivity contribution in [2.24, 2.45) is 4.99 Å². The summed E-state index contributed by atoms with van der Waals surface area (Å²) in [5.41, 5.74) is 0. The van der Waals surface area contributed by atoms with Crippen molar-refractivity contribution in [2.45, 2.75) is 6.92 Å². The van der Waals surface area contributed by atoms with Crippen molar-refractivity contribution in [3.05, 3.63) is 18.9 Å². The van der Waals surface area contributed by atoms with Crippen molar-refractivity contribution in [2.75, 3.05) is 13.2 Å². The lowest BCUT2D eigenvalue weighted by atomic mass is 10.8. The topological polar surface area (TPSA) is 47.6 Å². The van der Waals surface area contributed by atoms with Crippen molar-refractivity contribution >= 4 is 5.90 Å². The Morgan fingerprint density at radius 3 is 2.64 bits per heavy atom. The molecule has 0 aliphatic carbocycles. The van der Waals surface area contributed by atoms with Crippen LogP contribution in [0.4, 0.5) is 0 Å². The molecule has 4 nitrogen and oxygen atoms in total. The Kier molecular flexibility index (Phi) is 3.18. The van der Waals surface area contributed by atoms with E-state index >= 15 is 0 Å². The first-order chi connectivity index (χ1) is 5.39. The van der Waals surface area contributed by atoms with Gasteiger partial charge >= 0.3 is 0 Å². The Hall–Kier alpha value is -1.32. The molecular formula is C7H10N2O2. The van der Waals surface area contributed by atoms with E-state index in [-0.39, 0.29) is 0 Å². The minimum atomic E-state index is 0.784. The molecule has 2 heterocycles. The second-order valence-electron chi connectivity index (χ2n) is 1.92. The van der Waals surface area contributed by atoms with Crippen LogP contribution >= 0.6 is 0 Å². The van der Waals surface area contributed by atoms with Gasteiger partial charge in [-0.2, -0.15) is 0 Å². The van der Waals surface area contributed by atoms with Crippen LogP contribution in [0.25, 0.3) is 0 Å². The summed E-state index contributed by atoms with van der Waals surface area (Å²) in [4.78, 5) is 7.49. The molecule has 0 spiro atoms. The Morgan fingerprint density at radius 1 is 1.55 bits per heavy atom. The average molecular weight is 154 g/mol. The molecule has 0 radical (unpaired) electrons. The van der Waals surface area contributed by atoms with E-state index in [4.69, 9.17) is 4.74 Å². The molecule has 1 aliphatic rings. The van der Waals surface area contributed by atoms with Gasteiger partial charge in [0.05, 0.1) is 12.7 Å². The number of oxazole rings is 1. The summed E-state index contributed by atoms with van der Waals surface area (Å²) in [6.07, 6.45) is 4.47. The number of aromatic nitrogens is 1. The summed E-state index contributed by atoms with van der Waals surface area (Å²) in [7, 11) is 0. The van der Waals surface area contributed by atoms with Gasteiger partial charge in [0.25, 0.3) is 0 Å². The molecule has 11 heavy (non-hydrogen) atoms. The van der Waals surface area contributed by atoms with Gasteiger partial charge in [-0.1, -0.05) is 0 Å². The van der Waals surface area contributed by atoms with E-state index in [0.717, 1.165) is 19.0 Å². The normalized spacial score (nSPS) is 14.5. The highest BCUT2D eigenvalue weighted by atomic mass is 16.5. The molecule has 60 valence electrons. The molecule has 0 saturated heterocycles. The summed E-state index contributed by atoms with van der Waals surface area (Å²) < 4.78 is 9.38. The standard InChI is InChI=1S/C4H7NO.C3H3NO/c1-4-5-2-3-6-4;1-2-5-3-4-1/h2-3H2,1H3;1-3H. The fourth-order valence-electron chi connectivity index (χ4n) is 0.618. The van der Waals surface area contributed by atoms with Gasteiger partial charge in [-0.15, -0.1) is 0 Å². The number of hydrogen-bond donors (Lipinski definition) is 0. The monoisotopic (exact) mass is 154 g/mol. The van der Waals surface area contributed by atoms with E-state index in [9.17, 15) is 0 Å². The number of hydrogen-bond acceptors (Lipinski definition) is 4. The Labute approximate surface area is 64.9 Å². The minimum Gasteiger partial charge on any atom is -0.479 e. The van der Waals surface area contributed by atoms with Crippen LogP contribution in [-0.2, 0) is 4.74 Å². The van der Waals surface area contributed by atoms with Crippen LogP contribution in [0.2, 0.25) is 0 Å². The van der Waals surface area contributed by atoms with Crippen molar-refractivity contribution in [1.82, 2.24) is 4.98 Å². The van der Waals surface area contributed by atoms with Crippen LogP contribution in [0.5, 0.6) is 0 Å². The zero-order valence-electron chi connectivity index (χ0n) is 6.36. The smallest absolute Gasteiger partial charge is 0.180 e. The van der Waals surface area contributed by atoms with Crippen LogP contribution in [0, 0.1) is 0 Å². The molecule has 4 heteroatoms. The summed E-state index contributed by atoms with van der Waals surface area (Å²) in [6.45, 7) is 3.50. The average Bonchev–Trinajstić information content (AvgIpc) is 2.57. The lowest BCUT2D eigenvalue weighted by molar-refractivity contribution is 0.345. The highest BCUT2D eigenvalue weighted by Gasteiger charge is 1.96. The molecule has 0 fully saturated rings. The molecule has 0 amide bonds. The second-order valence-corrected chi connectivity index (χ2v) is 1.92. The Balaban J connectivity index is 0.000000112. The van der Waals surface area contributed by atoms with Crippen LogP contribution in [0.15, 0.2) is 28.3 Å². The van der Waals surface area contributed by atoms with Gasteiger partial charge in [0, 0.05) is 6.92 Å². The maximum absolute atomic E-state index is 4.90. The summed E-state index contributed by atoms with van der Waals surface area (Å²) in [5, 5.41) is 0. The van der Waals surface area contributed by atoms with Crippen molar-refractivity contribution in [3.8, 4) is 0 Å². The summed E-state index contributed by atoms with van der Waals surface area (Å²) in [6, 6.07) is 0. The van der Waals surface area contributed by atoms with Crippen molar-refractivity contribution in [3.63, 3.8) is 0 Å². The first kappa shape index (κ1) is 7.78. The van der Waals surface area contributed by atoms with Crippen molar-refractivity contribution < 1.29 is 9.15 Å². The fraction of sp³-hybridized carbons (Fsp3) is 0.429. The highest BCUT2D eigenvalue weighted by Crippen LogP contribution is 1.89. The van der Waals surface area contributed by atoms with E-state index in [1.807, 2.05) is 6.92 Å². The largest absolute Gasteiger partial charge is 0.479 e. The first-order valence-electron chi connectivity index (χ1n) is 3.35. The molecule has 1 aliphatic heterocycles. The SMILES string of the molecule is CC1=NCCO1.c1cocn1. The van der Waals surface area contributed by atoms with Gasteiger partial charge in [0.2, 0.25) is 0 Å². The van der Waals surface area contributed by atoms with Gasteiger partial charge in [-0.3, -0.25) is 4.99 Å². The van der Waals surface area contributed by atoms with Crippen LogP contribution < -0.4 is 0 Å². The minimum absolute atomic E-state index is 0.784. The molecule has 0 N–H and O–H groups in total. The zero-order valence-corrected chi connectivity index (χ0v) is 6.36. The lowest BCUT2D eigenvalue weighted by Gasteiger charge is -1.86. The van der Waals surface area contributed by atoms with Crippen molar-refractivity contribution in [1.29, 1.82) is 0 Å². The predicted molar refractivity (Wildman–Crippen MR) is 40.4 cm³/mol. The molecule has 0 saturated carbocycles. The van der Waals surface area contributed by atoms with Gasteiger partial charge in [0.15, 0.2) is 12.3 Å². The quantitative estimate of drug-likeness (QED) is 0.562. The third-order valence-corrected chi connectivity index (χ3v) is 1.08. The lowest BCUT2D eigenvalue weighted by Crippen LogP contribution is -1.89. The molecule has 1 aromatic heterocycles. The number of ether oxygens (including phenoxy) is 1.